The minimum Gasteiger partial charge on any atom is -0.405 e. The summed E-state index contributed by atoms with van der Waals surface area (Å²) >= 11 is 0. The van der Waals surface area contributed by atoms with Crippen LogP contribution in [-0.2, 0) is 6.54 Å². The van der Waals surface area contributed by atoms with Crippen molar-refractivity contribution in [3.8, 4) is 16.9 Å². The third-order valence-electron chi connectivity index (χ3n) is 7.67. The molecule has 1 aliphatic rings. The van der Waals surface area contributed by atoms with Gasteiger partial charge in [0.15, 0.2) is 0 Å². The first kappa shape index (κ1) is 28.7. The number of nitrogens with one attached hydrogen (secondary N) is 2. The molecule has 1 heterocycles. The van der Waals surface area contributed by atoms with Crippen molar-refractivity contribution in [1.82, 2.24) is 15.3 Å². The molecular weight excluding hydrogens is 527 g/mol. The maximum absolute atomic E-state index is 13.1. The predicted molar refractivity (Wildman–Crippen MR) is 158 cm³/mol. The maximum Gasteiger partial charge on any atom is 0.573 e. The highest BCUT2D eigenvalue weighted by molar-refractivity contribution is 5.90. The van der Waals surface area contributed by atoms with Gasteiger partial charge in [0.05, 0.1) is 5.52 Å². The first-order valence-corrected chi connectivity index (χ1v) is 14.1. The molecule has 5 rings (SSSR count). The highest BCUT2D eigenvalue weighted by Gasteiger charge is 2.32. The van der Waals surface area contributed by atoms with Gasteiger partial charge in [-0.3, -0.25) is 0 Å². The fraction of sp³-hybridized carbons (Fsp3) is 0.375. The van der Waals surface area contributed by atoms with Gasteiger partial charge in [0, 0.05) is 38.1 Å². The van der Waals surface area contributed by atoms with Gasteiger partial charge in [0.2, 0.25) is 5.95 Å². The van der Waals surface area contributed by atoms with E-state index < -0.39 is 6.36 Å². The Morgan fingerprint density at radius 3 is 2.22 bits per heavy atom. The topological polar surface area (TPSA) is 62.3 Å². The van der Waals surface area contributed by atoms with Crippen LogP contribution in [0.3, 0.4) is 0 Å². The summed E-state index contributed by atoms with van der Waals surface area (Å²) in [5.41, 5.74) is 2.94. The lowest BCUT2D eigenvalue weighted by molar-refractivity contribution is -0.274. The monoisotopic (exact) mass is 563 g/mol. The van der Waals surface area contributed by atoms with Crippen LogP contribution in [-0.4, -0.2) is 43.5 Å². The second-order valence-electron chi connectivity index (χ2n) is 10.9. The average Bonchev–Trinajstić information content (AvgIpc) is 2.96. The summed E-state index contributed by atoms with van der Waals surface area (Å²) in [5.74, 6) is 2.40. The van der Waals surface area contributed by atoms with Crippen LogP contribution in [0.15, 0.2) is 72.8 Å². The van der Waals surface area contributed by atoms with Crippen molar-refractivity contribution in [3.63, 3.8) is 0 Å². The Bertz CT molecular complexity index is 1440. The van der Waals surface area contributed by atoms with E-state index in [4.69, 9.17) is 9.97 Å². The van der Waals surface area contributed by atoms with Crippen molar-refractivity contribution >= 4 is 22.7 Å². The molecule has 0 spiro atoms. The quantitative estimate of drug-likeness (QED) is 0.212. The van der Waals surface area contributed by atoms with Gasteiger partial charge in [0.1, 0.15) is 11.6 Å². The van der Waals surface area contributed by atoms with Crippen LogP contribution < -0.4 is 20.3 Å². The van der Waals surface area contributed by atoms with Gasteiger partial charge in [-0.2, -0.15) is 4.98 Å². The van der Waals surface area contributed by atoms with Gasteiger partial charge < -0.3 is 20.3 Å². The van der Waals surface area contributed by atoms with Crippen molar-refractivity contribution in [2.75, 3.05) is 37.4 Å². The number of hydrogen-bond donors (Lipinski definition) is 2. The Hall–Kier alpha value is -3.85. The molecule has 1 aromatic heterocycles. The second kappa shape index (κ2) is 12.8. The molecule has 0 atom stereocenters. The molecule has 1 aliphatic carbocycles. The summed E-state index contributed by atoms with van der Waals surface area (Å²) in [4.78, 5) is 11.4. The summed E-state index contributed by atoms with van der Waals surface area (Å²) < 4.78 is 43.8. The van der Waals surface area contributed by atoms with E-state index in [2.05, 4.69) is 15.4 Å². The van der Waals surface area contributed by atoms with Gasteiger partial charge >= 0.3 is 6.36 Å². The molecule has 0 amide bonds. The standard InChI is InChI=1S/C32H36F3N5O/c1-40(2)30-27-10-6-7-11-28(27)38-31(39-30)37-20-23-14-12-22(13-15-23)19-36-21-26-17-16-25(24-8-4-3-5-9-24)18-29(26)41-32(33,34)35/h3-11,16-18,22-23,36H,12-15,19-21H2,1-2H3,(H,37,38,39)/t22-,23-. The van der Waals surface area contributed by atoms with E-state index in [-0.39, 0.29) is 5.75 Å². The van der Waals surface area contributed by atoms with Crippen molar-refractivity contribution < 1.29 is 17.9 Å². The Balaban J connectivity index is 1.12. The van der Waals surface area contributed by atoms with Crippen LogP contribution in [0.25, 0.3) is 22.0 Å². The van der Waals surface area contributed by atoms with Gasteiger partial charge in [-0.15, -0.1) is 13.2 Å². The highest BCUT2D eigenvalue weighted by atomic mass is 19.4. The first-order chi connectivity index (χ1) is 19.7. The zero-order chi connectivity index (χ0) is 28.8. The van der Waals surface area contributed by atoms with E-state index in [0.29, 0.717) is 35.5 Å². The average molecular weight is 564 g/mol. The van der Waals surface area contributed by atoms with Crippen LogP contribution in [0.2, 0.25) is 0 Å². The van der Waals surface area contributed by atoms with E-state index in [1.807, 2.05) is 79.7 Å². The van der Waals surface area contributed by atoms with Gasteiger partial charge in [-0.1, -0.05) is 54.6 Å². The van der Waals surface area contributed by atoms with Crippen molar-refractivity contribution in [2.24, 2.45) is 11.8 Å². The molecule has 0 saturated heterocycles. The summed E-state index contributed by atoms with van der Waals surface area (Å²) in [6.45, 7) is 1.89. The smallest absolute Gasteiger partial charge is 0.405 e. The lowest BCUT2D eigenvalue weighted by Gasteiger charge is -2.29. The number of ether oxygens (including phenoxy) is 1. The molecule has 2 N–H and O–H groups in total. The number of aromatic nitrogens is 2. The van der Waals surface area contributed by atoms with Gasteiger partial charge in [-0.25, -0.2) is 4.98 Å². The number of nitrogens with zero attached hydrogens (tertiary/aromatic N) is 3. The summed E-state index contributed by atoms with van der Waals surface area (Å²) in [6, 6.07) is 22.4. The molecule has 3 aromatic carbocycles. The summed E-state index contributed by atoms with van der Waals surface area (Å²) in [6.07, 6.45) is -0.439. The third kappa shape index (κ3) is 7.67. The fourth-order valence-corrected chi connectivity index (χ4v) is 5.50. The number of hydrogen-bond acceptors (Lipinski definition) is 6. The van der Waals surface area contributed by atoms with Crippen LogP contribution in [0, 0.1) is 11.8 Å². The molecule has 6 nitrogen and oxygen atoms in total. The molecule has 0 aliphatic heterocycles. The molecule has 0 unspecified atom stereocenters. The van der Waals surface area contributed by atoms with E-state index in [1.165, 1.54) is 6.07 Å². The predicted octanol–water partition coefficient (Wildman–Crippen LogP) is 7.27. The number of rotatable bonds is 10. The van der Waals surface area contributed by atoms with Crippen molar-refractivity contribution in [3.05, 3.63) is 78.4 Å². The SMILES string of the molecule is CN(C)c1nc(NC[C@H]2CC[C@H](CNCc3ccc(-c4ccccc4)cc3OC(F)(F)F)CC2)nc2ccccc12. The minimum absolute atomic E-state index is 0.158. The first-order valence-electron chi connectivity index (χ1n) is 14.1. The number of para-hydroxylation sites is 1. The molecule has 1 fully saturated rings. The molecular formula is C32H36F3N5O. The van der Waals surface area contributed by atoms with Gasteiger partial charge in [0.25, 0.3) is 0 Å². The van der Waals surface area contributed by atoms with Crippen LogP contribution in [0.5, 0.6) is 5.75 Å². The van der Waals surface area contributed by atoms with Crippen LogP contribution in [0.1, 0.15) is 31.2 Å². The maximum atomic E-state index is 13.1. The number of benzene rings is 3. The second-order valence-corrected chi connectivity index (χ2v) is 10.9. The Morgan fingerprint density at radius 1 is 0.829 bits per heavy atom. The summed E-state index contributed by atoms with van der Waals surface area (Å²) in [5, 5.41) is 7.86. The molecule has 4 aromatic rings. The van der Waals surface area contributed by atoms with Gasteiger partial charge in [-0.05, 0) is 73.4 Å². The number of fused-ring (bicyclic) bond motifs is 1. The largest absolute Gasteiger partial charge is 0.573 e. The summed E-state index contributed by atoms with van der Waals surface area (Å²) in [7, 11) is 3.97. The zero-order valence-corrected chi connectivity index (χ0v) is 23.4. The third-order valence-corrected chi connectivity index (χ3v) is 7.67. The van der Waals surface area contributed by atoms with Crippen molar-refractivity contribution in [1.29, 1.82) is 0 Å². The Kier molecular flexibility index (Phi) is 8.93. The molecule has 1 saturated carbocycles. The number of alkyl halides is 3. The van der Waals surface area contributed by atoms with Crippen LogP contribution >= 0.6 is 0 Å². The normalized spacial score (nSPS) is 17.4. The Labute approximate surface area is 239 Å². The van der Waals surface area contributed by atoms with Crippen molar-refractivity contribution in [2.45, 2.75) is 38.6 Å². The molecule has 0 bridgehead atoms. The minimum atomic E-state index is -4.75. The molecule has 216 valence electrons. The van der Waals surface area contributed by atoms with E-state index in [0.717, 1.165) is 61.1 Å². The zero-order valence-electron chi connectivity index (χ0n) is 23.4. The molecule has 9 heteroatoms. The number of halogens is 3. The number of anilines is 2. The molecule has 0 radical (unpaired) electrons. The Morgan fingerprint density at radius 2 is 1.51 bits per heavy atom. The van der Waals surface area contributed by atoms with E-state index >= 15 is 0 Å². The van der Waals surface area contributed by atoms with E-state index in [9.17, 15) is 13.2 Å². The molecule has 41 heavy (non-hydrogen) atoms. The lowest BCUT2D eigenvalue weighted by Crippen LogP contribution is -2.29. The fourth-order valence-electron chi connectivity index (χ4n) is 5.50. The van der Waals surface area contributed by atoms with Crippen LogP contribution in [0.4, 0.5) is 24.9 Å². The highest BCUT2D eigenvalue weighted by Crippen LogP contribution is 2.33. The lowest BCUT2D eigenvalue weighted by atomic mass is 9.82. The van der Waals surface area contributed by atoms with E-state index in [1.54, 1.807) is 6.07 Å².